The first kappa shape index (κ1) is 36.9. The molecule has 2 aromatic heterocycles. The van der Waals surface area contributed by atoms with Crippen LogP contribution in [0.3, 0.4) is 0 Å². The standard InChI is InChI=1S/C38H41Cl2N3O7S/c1-4-42(36(25-8-6-5-7-9-25)38(45)50-34-23-41-16-14-24(34)15-17-41)20-27-11-13-35(51-27)37(44)49-32(19-28-29(39)21-43(46)22-30(28)40)26-10-12-31(47-2)33(18-26)48-3/h5-13,18,21-22,24,32,34,36H,4,14-17,19-20,23H2,1-3H3/t32-,34-,36?/m0/s1. The molecule has 2 aromatic carbocycles. The highest BCUT2D eigenvalue weighted by atomic mass is 35.5. The lowest BCUT2D eigenvalue weighted by molar-refractivity contribution is -0.605. The van der Waals surface area contributed by atoms with Gasteiger partial charge in [-0.3, -0.25) is 9.80 Å². The van der Waals surface area contributed by atoms with Crippen molar-refractivity contribution in [2.45, 2.75) is 51.0 Å². The Balaban J connectivity index is 1.22. The van der Waals surface area contributed by atoms with E-state index in [1.807, 2.05) is 43.3 Å². The second-order valence-corrected chi connectivity index (χ2v) is 14.7. The molecule has 0 spiro atoms. The van der Waals surface area contributed by atoms with Gasteiger partial charge in [0, 0.05) is 30.0 Å². The van der Waals surface area contributed by atoms with Crippen LogP contribution in [0.1, 0.15) is 63.2 Å². The van der Waals surface area contributed by atoms with Crippen molar-refractivity contribution in [2.24, 2.45) is 5.92 Å². The highest BCUT2D eigenvalue weighted by molar-refractivity contribution is 7.13. The molecule has 5 heterocycles. The van der Waals surface area contributed by atoms with E-state index in [0.29, 0.717) is 51.2 Å². The first-order valence-corrected chi connectivity index (χ1v) is 18.5. The van der Waals surface area contributed by atoms with Crippen LogP contribution in [-0.4, -0.2) is 68.2 Å². The molecule has 270 valence electrons. The van der Waals surface area contributed by atoms with Gasteiger partial charge in [0.1, 0.15) is 33.2 Å². The zero-order chi connectivity index (χ0) is 36.1. The summed E-state index contributed by atoms with van der Waals surface area (Å²) >= 11 is 14.2. The first-order chi connectivity index (χ1) is 24.7. The van der Waals surface area contributed by atoms with Crippen molar-refractivity contribution in [3.05, 3.63) is 115 Å². The molecule has 0 amide bonds. The van der Waals surface area contributed by atoms with Crippen molar-refractivity contribution < 1.29 is 33.3 Å². The maximum atomic E-state index is 13.9. The number of methoxy groups -OCH3 is 2. The number of carbonyl (C=O) groups excluding carboxylic acids is 2. The average molecular weight is 755 g/mol. The maximum Gasteiger partial charge on any atom is 0.348 e. The van der Waals surface area contributed by atoms with Crippen LogP contribution in [0.5, 0.6) is 11.5 Å². The van der Waals surface area contributed by atoms with Crippen molar-refractivity contribution in [2.75, 3.05) is 40.4 Å². The molecule has 0 radical (unpaired) electrons. The van der Waals surface area contributed by atoms with Gasteiger partial charge in [-0.25, -0.2) is 9.59 Å². The summed E-state index contributed by atoms with van der Waals surface area (Å²) in [6.45, 7) is 5.93. The molecule has 2 bridgehead atoms. The van der Waals surface area contributed by atoms with Gasteiger partial charge in [-0.2, -0.15) is 4.73 Å². The van der Waals surface area contributed by atoms with E-state index in [9.17, 15) is 14.8 Å². The Morgan fingerprint density at radius 3 is 2.31 bits per heavy atom. The predicted octanol–water partition coefficient (Wildman–Crippen LogP) is 7.05. The van der Waals surface area contributed by atoms with Gasteiger partial charge in [0.25, 0.3) is 0 Å². The van der Waals surface area contributed by atoms with Crippen LogP contribution in [0.25, 0.3) is 0 Å². The van der Waals surface area contributed by atoms with Crippen LogP contribution < -0.4 is 14.2 Å². The summed E-state index contributed by atoms with van der Waals surface area (Å²) in [6.07, 6.45) is 3.68. The Bertz CT molecular complexity index is 1810. The smallest absolute Gasteiger partial charge is 0.348 e. The van der Waals surface area contributed by atoms with E-state index in [-0.39, 0.29) is 28.5 Å². The number of halogens is 2. The number of pyridine rings is 1. The molecule has 3 fully saturated rings. The molecule has 0 saturated carbocycles. The monoisotopic (exact) mass is 753 g/mol. The number of piperidine rings is 3. The topological polar surface area (TPSA) is 104 Å². The molecule has 13 heteroatoms. The zero-order valence-electron chi connectivity index (χ0n) is 28.8. The van der Waals surface area contributed by atoms with Crippen molar-refractivity contribution in [3.63, 3.8) is 0 Å². The Kier molecular flexibility index (Phi) is 12.0. The first-order valence-electron chi connectivity index (χ1n) is 17.0. The number of ether oxygens (including phenoxy) is 4. The minimum Gasteiger partial charge on any atom is -0.619 e. The van der Waals surface area contributed by atoms with Crippen LogP contribution in [0, 0.1) is 11.1 Å². The Morgan fingerprint density at radius 1 is 0.980 bits per heavy atom. The molecule has 3 aliphatic rings. The van der Waals surface area contributed by atoms with Gasteiger partial charge in [-0.05, 0) is 73.8 Å². The zero-order valence-corrected chi connectivity index (χ0v) is 31.1. The van der Waals surface area contributed by atoms with E-state index in [4.69, 9.17) is 42.1 Å². The maximum absolute atomic E-state index is 13.9. The molecule has 3 saturated heterocycles. The second kappa shape index (κ2) is 16.6. The third-order valence-electron chi connectivity index (χ3n) is 9.67. The number of hydrogen-bond acceptors (Lipinski definition) is 10. The lowest BCUT2D eigenvalue weighted by Gasteiger charge is -2.44. The summed E-state index contributed by atoms with van der Waals surface area (Å²) in [4.78, 5) is 33.4. The predicted molar refractivity (Wildman–Crippen MR) is 195 cm³/mol. The van der Waals surface area contributed by atoms with Gasteiger partial charge in [-0.15, -0.1) is 11.3 Å². The Morgan fingerprint density at radius 2 is 1.69 bits per heavy atom. The summed E-state index contributed by atoms with van der Waals surface area (Å²) in [7, 11) is 3.06. The number of likely N-dealkylation sites (N-methyl/N-ethyl adjacent to an activating group) is 1. The van der Waals surface area contributed by atoms with Gasteiger partial charge in [0.05, 0.1) is 14.2 Å². The third-order valence-corrected chi connectivity index (χ3v) is 11.4. The van der Waals surface area contributed by atoms with Crippen LogP contribution in [0.4, 0.5) is 0 Å². The number of hydrogen-bond donors (Lipinski definition) is 0. The van der Waals surface area contributed by atoms with Gasteiger partial charge in [0.15, 0.2) is 23.9 Å². The fraction of sp³-hybridized carbons (Fsp3) is 0.395. The minimum atomic E-state index is -0.837. The number of esters is 2. The number of thiophene rings is 1. The largest absolute Gasteiger partial charge is 0.619 e. The Hall–Kier alpha value is -3.87. The minimum absolute atomic E-state index is 0.0993. The van der Waals surface area contributed by atoms with E-state index >= 15 is 0 Å². The lowest BCUT2D eigenvalue weighted by Crippen LogP contribution is -2.52. The Labute approximate surface area is 312 Å². The van der Waals surface area contributed by atoms with Crippen LogP contribution >= 0.6 is 34.5 Å². The molecular weight excluding hydrogens is 713 g/mol. The summed E-state index contributed by atoms with van der Waals surface area (Å²) in [6, 6.07) is 17.9. The molecule has 0 aliphatic carbocycles. The molecule has 4 aromatic rings. The average Bonchev–Trinajstić information content (AvgIpc) is 3.61. The molecule has 7 rings (SSSR count). The van der Waals surface area contributed by atoms with Gasteiger partial charge >= 0.3 is 11.9 Å². The number of aromatic nitrogens is 1. The van der Waals surface area contributed by atoms with Crippen molar-refractivity contribution in [3.8, 4) is 11.5 Å². The third kappa shape index (κ3) is 8.61. The van der Waals surface area contributed by atoms with E-state index in [1.54, 1.807) is 24.3 Å². The van der Waals surface area contributed by atoms with E-state index in [0.717, 1.165) is 42.9 Å². The fourth-order valence-electron chi connectivity index (χ4n) is 6.93. The SMILES string of the molecule is CCN(Cc1ccc(C(=O)O[C@@H](Cc2c(Cl)c[n+]([O-])cc2Cl)c2ccc(OC)c(OC)c2)s1)C(C(=O)O[C@H]1CN2CCC1CC2)c1ccccc1. The number of benzene rings is 2. The van der Waals surface area contributed by atoms with Gasteiger partial charge in [0.2, 0.25) is 0 Å². The van der Waals surface area contributed by atoms with Gasteiger partial charge < -0.3 is 24.2 Å². The molecule has 3 atom stereocenters. The van der Waals surface area contributed by atoms with Crippen LogP contribution in [0.15, 0.2) is 73.1 Å². The van der Waals surface area contributed by atoms with Crippen molar-refractivity contribution >= 4 is 46.5 Å². The van der Waals surface area contributed by atoms with Gasteiger partial charge in [-0.1, -0.05) is 66.5 Å². The van der Waals surface area contributed by atoms with Crippen molar-refractivity contribution in [1.29, 1.82) is 0 Å². The molecular formula is C38H41Cl2N3O7S. The fourth-order valence-corrected chi connectivity index (χ4v) is 8.44. The molecule has 1 unspecified atom stereocenters. The number of carbonyl (C=O) groups is 2. The summed E-state index contributed by atoms with van der Waals surface area (Å²) in [5, 5.41) is 12.2. The highest BCUT2D eigenvalue weighted by Crippen LogP contribution is 2.37. The number of rotatable bonds is 14. The normalized spacial score (nSPS) is 19.4. The summed E-state index contributed by atoms with van der Waals surface area (Å²) < 4.78 is 23.8. The second-order valence-electron chi connectivity index (χ2n) is 12.8. The van der Waals surface area contributed by atoms with Crippen LogP contribution in [0.2, 0.25) is 10.0 Å². The summed E-state index contributed by atoms with van der Waals surface area (Å²) in [5.74, 6) is 0.571. The summed E-state index contributed by atoms with van der Waals surface area (Å²) in [5.41, 5.74) is 1.94. The van der Waals surface area contributed by atoms with E-state index < -0.39 is 18.1 Å². The lowest BCUT2D eigenvalue weighted by atomic mass is 9.86. The van der Waals surface area contributed by atoms with Crippen LogP contribution in [-0.2, 0) is 27.2 Å². The molecule has 3 aliphatic heterocycles. The molecule has 10 nitrogen and oxygen atoms in total. The molecule has 51 heavy (non-hydrogen) atoms. The van der Waals surface area contributed by atoms with E-state index in [1.165, 1.54) is 38.0 Å². The molecule has 0 N–H and O–H groups in total. The van der Waals surface area contributed by atoms with E-state index in [2.05, 4.69) is 9.80 Å². The quantitative estimate of drug-likeness (QED) is 0.0762. The highest BCUT2D eigenvalue weighted by Gasteiger charge is 2.39. The number of fused-ring (bicyclic) bond motifs is 3. The van der Waals surface area contributed by atoms with Crippen molar-refractivity contribution in [1.82, 2.24) is 9.80 Å². The number of nitrogens with zero attached hydrogens (tertiary/aromatic N) is 3.